The van der Waals surface area contributed by atoms with Crippen LogP contribution in [0.25, 0.3) is 0 Å². The molecular weight excluding hydrogens is 382 g/mol. The van der Waals surface area contributed by atoms with Crippen molar-refractivity contribution in [1.29, 1.82) is 0 Å². The largest absolute Gasteiger partial charge is 0.493 e. The molecule has 0 fully saturated rings. The van der Waals surface area contributed by atoms with Crippen LogP contribution in [0.15, 0.2) is 47.8 Å². The minimum Gasteiger partial charge on any atom is -0.493 e. The highest BCUT2D eigenvalue weighted by Gasteiger charge is 2.13. The van der Waals surface area contributed by atoms with Crippen molar-refractivity contribution < 1.29 is 19.1 Å². The predicted molar refractivity (Wildman–Crippen MR) is 107 cm³/mol. The number of amides is 1. The number of thiophene rings is 2. The molecule has 0 spiro atoms. The normalized spacial score (nSPS) is 10.4. The van der Waals surface area contributed by atoms with E-state index in [0.29, 0.717) is 22.9 Å². The van der Waals surface area contributed by atoms with Crippen LogP contribution in [0, 0.1) is 0 Å². The third-order valence-corrected chi connectivity index (χ3v) is 5.86. The molecular formula is C20H19NO4S2. The zero-order valence-corrected chi connectivity index (χ0v) is 16.6. The molecule has 0 aliphatic heterocycles. The molecule has 7 heteroatoms. The van der Waals surface area contributed by atoms with Crippen LogP contribution in [-0.4, -0.2) is 25.9 Å². The molecule has 27 heavy (non-hydrogen) atoms. The molecule has 1 aromatic carbocycles. The maximum absolute atomic E-state index is 12.3. The van der Waals surface area contributed by atoms with Crippen LogP contribution in [0.1, 0.15) is 25.0 Å². The Labute approximate surface area is 165 Å². The van der Waals surface area contributed by atoms with Crippen molar-refractivity contribution in [2.45, 2.75) is 13.0 Å². The van der Waals surface area contributed by atoms with Crippen molar-refractivity contribution in [1.82, 2.24) is 5.32 Å². The van der Waals surface area contributed by atoms with Gasteiger partial charge in [0.1, 0.15) is 0 Å². The van der Waals surface area contributed by atoms with Gasteiger partial charge in [-0.1, -0.05) is 12.1 Å². The predicted octanol–water partition coefficient (Wildman–Crippen LogP) is 3.92. The van der Waals surface area contributed by atoms with Crippen LogP contribution < -0.4 is 14.8 Å². The van der Waals surface area contributed by atoms with E-state index in [1.165, 1.54) is 22.7 Å². The lowest BCUT2D eigenvalue weighted by Crippen LogP contribution is -2.24. The SMILES string of the molecule is COc1ccc(CC(=O)NCc2ccc(C(=O)c3cccs3)s2)cc1OC. The van der Waals surface area contributed by atoms with Crippen molar-refractivity contribution >= 4 is 34.4 Å². The minimum atomic E-state index is -0.0956. The first kappa shape index (κ1) is 19.1. The number of carbonyl (C=O) groups is 2. The van der Waals surface area contributed by atoms with E-state index in [9.17, 15) is 9.59 Å². The Bertz CT molecular complexity index is 931. The fourth-order valence-electron chi connectivity index (χ4n) is 2.55. The van der Waals surface area contributed by atoms with Crippen molar-refractivity contribution in [2.24, 2.45) is 0 Å². The second kappa shape index (κ2) is 8.83. The van der Waals surface area contributed by atoms with Gasteiger partial charge in [-0.05, 0) is 41.3 Å². The Balaban J connectivity index is 1.56. The topological polar surface area (TPSA) is 64.6 Å². The molecule has 0 aliphatic carbocycles. The summed E-state index contributed by atoms with van der Waals surface area (Å²) < 4.78 is 10.5. The molecule has 2 heterocycles. The van der Waals surface area contributed by atoms with Crippen molar-refractivity contribution in [3.05, 3.63) is 68.0 Å². The summed E-state index contributed by atoms with van der Waals surface area (Å²) in [5, 5.41) is 4.78. The van der Waals surface area contributed by atoms with Gasteiger partial charge < -0.3 is 14.8 Å². The van der Waals surface area contributed by atoms with E-state index in [4.69, 9.17) is 9.47 Å². The fourth-order valence-corrected chi connectivity index (χ4v) is 4.19. The van der Waals surface area contributed by atoms with E-state index in [2.05, 4.69) is 5.32 Å². The number of ether oxygens (including phenoxy) is 2. The molecule has 0 aliphatic rings. The van der Waals surface area contributed by atoms with Gasteiger partial charge in [-0.25, -0.2) is 0 Å². The Kier molecular flexibility index (Phi) is 6.26. The average molecular weight is 402 g/mol. The number of hydrogen-bond donors (Lipinski definition) is 1. The van der Waals surface area contributed by atoms with Gasteiger partial charge in [-0.2, -0.15) is 0 Å². The highest BCUT2D eigenvalue weighted by Crippen LogP contribution is 2.27. The molecule has 0 saturated heterocycles. The van der Waals surface area contributed by atoms with E-state index < -0.39 is 0 Å². The minimum absolute atomic E-state index is 0.0258. The van der Waals surface area contributed by atoms with Gasteiger partial charge in [0, 0.05) is 4.88 Å². The Morgan fingerprint density at radius 2 is 1.81 bits per heavy atom. The highest BCUT2D eigenvalue weighted by atomic mass is 32.1. The van der Waals surface area contributed by atoms with Gasteiger partial charge in [-0.15, -0.1) is 22.7 Å². The molecule has 5 nitrogen and oxygen atoms in total. The number of benzene rings is 1. The maximum Gasteiger partial charge on any atom is 0.224 e. The van der Waals surface area contributed by atoms with Crippen LogP contribution in [-0.2, 0) is 17.8 Å². The van der Waals surface area contributed by atoms with Crippen molar-refractivity contribution in [3.8, 4) is 11.5 Å². The standard InChI is InChI=1S/C20H19NO4S2/c1-24-15-7-5-13(10-16(15)25-2)11-19(22)21-12-14-6-8-18(27-14)20(23)17-4-3-9-26-17/h3-10H,11-12H2,1-2H3,(H,21,22). The molecule has 1 amide bonds. The molecule has 0 saturated carbocycles. The van der Waals surface area contributed by atoms with Gasteiger partial charge in [-0.3, -0.25) is 9.59 Å². The summed E-state index contributed by atoms with van der Waals surface area (Å²) in [5.74, 6) is 1.15. The molecule has 3 aromatic rings. The number of hydrogen-bond acceptors (Lipinski definition) is 6. The number of methoxy groups -OCH3 is 2. The second-order valence-electron chi connectivity index (χ2n) is 5.72. The fraction of sp³-hybridized carbons (Fsp3) is 0.200. The Morgan fingerprint density at radius 1 is 1.00 bits per heavy atom. The van der Waals surface area contributed by atoms with E-state index in [-0.39, 0.29) is 18.1 Å². The van der Waals surface area contributed by atoms with Gasteiger partial charge >= 0.3 is 0 Å². The summed E-state index contributed by atoms with van der Waals surface area (Å²) in [6.45, 7) is 0.397. The zero-order chi connectivity index (χ0) is 19.2. The molecule has 0 atom stereocenters. The average Bonchev–Trinajstić information content (AvgIpc) is 3.37. The monoisotopic (exact) mass is 401 g/mol. The van der Waals surface area contributed by atoms with Gasteiger partial charge in [0.2, 0.25) is 11.7 Å². The molecule has 0 radical (unpaired) electrons. The number of nitrogens with one attached hydrogen (secondary N) is 1. The first-order valence-corrected chi connectivity index (χ1v) is 9.95. The van der Waals surface area contributed by atoms with Gasteiger partial charge in [0.25, 0.3) is 0 Å². The van der Waals surface area contributed by atoms with E-state index in [0.717, 1.165) is 15.3 Å². The van der Waals surface area contributed by atoms with Crippen LogP contribution in [0.5, 0.6) is 11.5 Å². The summed E-state index contributed by atoms with van der Waals surface area (Å²) in [7, 11) is 3.14. The van der Waals surface area contributed by atoms with Gasteiger partial charge in [0.05, 0.1) is 36.9 Å². The summed E-state index contributed by atoms with van der Waals surface area (Å²) in [6, 6.07) is 12.8. The Hall–Kier alpha value is -2.64. The third-order valence-electron chi connectivity index (χ3n) is 3.90. The smallest absolute Gasteiger partial charge is 0.224 e. The maximum atomic E-state index is 12.3. The summed E-state index contributed by atoms with van der Waals surface area (Å²) in [4.78, 5) is 26.9. The second-order valence-corrected chi connectivity index (χ2v) is 7.83. The van der Waals surface area contributed by atoms with Crippen LogP contribution in [0.4, 0.5) is 0 Å². The molecule has 3 rings (SSSR count). The van der Waals surface area contributed by atoms with Crippen molar-refractivity contribution in [3.63, 3.8) is 0 Å². The van der Waals surface area contributed by atoms with Crippen molar-refractivity contribution in [2.75, 3.05) is 14.2 Å². The lowest BCUT2D eigenvalue weighted by atomic mass is 10.1. The molecule has 140 valence electrons. The molecule has 0 unspecified atom stereocenters. The lowest BCUT2D eigenvalue weighted by Gasteiger charge is -2.09. The summed E-state index contributed by atoms with van der Waals surface area (Å²) >= 11 is 2.83. The quantitative estimate of drug-likeness (QED) is 0.581. The van der Waals surface area contributed by atoms with E-state index >= 15 is 0 Å². The number of rotatable bonds is 8. The first-order valence-electron chi connectivity index (χ1n) is 8.25. The molecule has 1 N–H and O–H groups in total. The Morgan fingerprint density at radius 3 is 2.52 bits per heavy atom. The summed E-state index contributed by atoms with van der Waals surface area (Å²) in [6.07, 6.45) is 0.243. The lowest BCUT2D eigenvalue weighted by molar-refractivity contribution is -0.120. The van der Waals surface area contributed by atoms with Gasteiger partial charge in [0.15, 0.2) is 11.5 Å². The van der Waals surface area contributed by atoms with Crippen LogP contribution in [0.2, 0.25) is 0 Å². The first-order chi connectivity index (χ1) is 13.1. The third kappa shape index (κ3) is 4.75. The molecule has 2 aromatic heterocycles. The molecule has 0 bridgehead atoms. The van der Waals surface area contributed by atoms with E-state index in [1.807, 2.05) is 35.7 Å². The van der Waals surface area contributed by atoms with Crippen LogP contribution >= 0.6 is 22.7 Å². The number of ketones is 1. The zero-order valence-electron chi connectivity index (χ0n) is 15.0. The number of carbonyl (C=O) groups excluding carboxylic acids is 2. The summed E-state index contributed by atoms with van der Waals surface area (Å²) in [5.41, 5.74) is 0.838. The van der Waals surface area contributed by atoms with E-state index in [1.54, 1.807) is 26.4 Å². The highest BCUT2D eigenvalue weighted by molar-refractivity contribution is 7.16. The van der Waals surface area contributed by atoms with Crippen LogP contribution in [0.3, 0.4) is 0 Å².